The van der Waals surface area contributed by atoms with E-state index in [1.54, 1.807) is 12.1 Å². The highest BCUT2D eigenvalue weighted by molar-refractivity contribution is 6.35. The zero-order valence-electron chi connectivity index (χ0n) is 11.1. The summed E-state index contributed by atoms with van der Waals surface area (Å²) in [5, 5.41) is 14.2. The maximum absolute atomic E-state index is 9.95. The number of hydrogen-bond acceptors (Lipinski definition) is 3. The first-order valence-corrected chi connectivity index (χ1v) is 7.38. The number of hydrogen-bond donors (Lipinski definition) is 2. The van der Waals surface area contributed by atoms with E-state index in [0.717, 1.165) is 31.1 Å². The van der Waals surface area contributed by atoms with Crippen molar-refractivity contribution in [1.29, 1.82) is 0 Å². The molecule has 0 atom stereocenters. The molecule has 106 valence electrons. The average Bonchev–Trinajstić information content (AvgIpc) is 2.36. The van der Waals surface area contributed by atoms with Crippen LogP contribution in [0.15, 0.2) is 12.1 Å². The van der Waals surface area contributed by atoms with Crippen LogP contribution in [-0.4, -0.2) is 36.7 Å². The molecule has 1 fully saturated rings. The van der Waals surface area contributed by atoms with Gasteiger partial charge in [0, 0.05) is 23.7 Å². The molecule has 3 nitrogen and oxygen atoms in total. The summed E-state index contributed by atoms with van der Waals surface area (Å²) in [5.74, 6) is 0.867. The topological polar surface area (TPSA) is 35.5 Å². The van der Waals surface area contributed by atoms with Crippen molar-refractivity contribution in [1.82, 2.24) is 10.2 Å². The van der Waals surface area contributed by atoms with E-state index in [1.807, 2.05) is 0 Å². The fourth-order valence-electron chi connectivity index (χ4n) is 2.60. The Morgan fingerprint density at radius 2 is 2.00 bits per heavy atom. The zero-order chi connectivity index (χ0) is 13.8. The highest BCUT2D eigenvalue weighted by atomic mass is 35.5. The predicted octanol–water partition coefficient (Wildman–Crippen LogP) is 3.13. The summed E-state index contributed by atoms with van der Waals surface area (Å²) in [6, 6.07) is 3.34. The Morgan fingerprint density at radius 3 is 2.68 bits per heavy atom. The van der Waals surface area contributed by atoms with Crippen molar-refractivity contribution in [3.05, 3.63) is 27.7 Å². The molecule has 0 aromatic heterocycles. The molecule has 2 rings (SSSR count). The van der Waals surface area contributed by atoms with Crippen molar-refractivity contribution in [3.63, 3.8) is 0 Å². The third-order valence-electron chi connectivity index (χ3n) is 3.58. The van der Waals surface area contributed by atoms with Gasteiger partial charge in [0.15, 0.2) is 0 Å². The van der Waals surface area contributed by atoms with Gasteiger partial charge in [-0.3, -0.25) is 0 Å². The van der Waals surface area contributed by atoms with Crippen LogP contribution in [0.3, 0.4) is 0 Å². The molecule has 0 spiro atoms. The molecule has 2 N–H and O–H groups in total. The molecule has 0 bridgehead atoms. The van der Waals surface area contributed by atoms with E-state index in [0.29, 0.717) is 16.6 Å². The average molecular weight is 303 g/mol. The number of rotatable bonds is 4. The van der Waals surface area contributed by atoms with E-state index in [4.69, 9.17) is 23.2 Å². The minimum absolute atomic E-state index is 0.142. The van der Waals surface area contributed by atoms with Gasteiger partial charge in [-0.2, -0.15) is 0 Å². The van der Waals surface area contributed by atoms with Crippen LogP contribution in [0, 0.1) is 5.92 Å². The number of nitrogens with zero attached hydrogens (tertiary/aromatic N) is 1. The van der Waals surface area contributed by atoms with Crippen LogP contribution in [0.1, 0.15) is 18.4 Å². The number of nitrogens with one attached hydrogen (secondary N) is 1. The van der Waals surface area contributed by atoms with Crippen LogP contribution in [0.25, 0.3) is 0 Å². The standard InChI is InChI=1S/C14H20Cl2N2O/c1-18(8-10-2-4-17-5-3-10)9-11-6-12(15)7-13(16)14(11)19/h6-7,10,17,19H,2-5,8-9H2,1H3. The second kappa shape index (κ2) is 6.80. The molecular formula is C14H20Cl2N2O. The first-order chi connectivity index (χ1) is 9.06. The summed E-state index contributed by atoms with van der Waals surface area (Å²) in [5.41, 5.74) is 0.786. The molecule has 1 aromatic rings. The summed E-state index contributed by atoms with van der Waals surface area (Å²) in [6.07, 6.45) is 2.43. The second-order valence-corrected chi connectivity index (χ2v) is 6.13. The molecule has 1 heterocycles. The molecule has 19 heavy (non-hydrogen) atoms. The van der Waals surface area contributed by atoms with Gasteiger partial charge in [-0.1, -0.05) is 23.2 Å². The van der Waals surface area contributed by atoms with Crippen LogP contribution >= 0.6 is 23.2 Å². The summed E-state index contributed by atoms with van der Waals surface area (Å²) < 4.78 is 0. The van der Waals surface area contributed by atoms with Crippen molar-refractivity contribution >= 4 is 23.2 Å². The van der Waals surface area contributed by atoms with E-state index >= 15 is 0 Å². The lowest BCUT2D eigenvalue weighted by Gasteiger charge is -2.27. The van der Waals surface area contributed by atoms with Crippen molar-refractivity contribution in [2.45, 2.75) is 19.4 Å². The number of benzene rings is 1. The predicted molar refractivity (Wildman–Crippen MR) is 80.1 cm³/mol. The monoisotopic (exact) mass is 302 g/mol. The quantitative estimate of drug-likeness (QED) is 0.897. The summed E-state index contributed by atoms with van der Waals surface area (Å²) in [4.78, 5) is 2.22. The fourth-order valence-corrected chi connectivity index (χ4v) is 3.14. The van der Waals surface area contributed by atoms with Crippen LogP contribution < -0.4 is 5.32 Å². The molecule has 1 aliphatic heterocycles. The molecule has 1 aliphatic rings. The summed E-state index contributed by atoms with van der Waals surface area (Å²) in [6.45, 7) is 3.90. The Morgan fingerprint density at radius 1 is 1.32 bits per heavy atom. The van der Waals surface area contributed by atoms with Gasteiger partial charge in [0.1, 0.15) is 5.75 Å². The Bertz CT molecular complexity index is 434. The highest BCUT2D eigenvalue weighted by Gasteiger charge is 2.16. The molecule has 5 heteroatoms. The van der Waals surface area contributed by atoms with Gasteiger partial charge in [-0.05, 0) is 51.0 Å². The van der Waals surface area contributed by atoms with E-state index in [2.05, 4.69) is 17.3 Å². The van der Waals surface area contributed by atoms with Crippen LogP contribution in [0.5, 0.6) is 5.75 Å². The number of aromatic hydroxyl groups is 1. The lowest BCUT2D eigenvalue weighted by molar-refractivity contribution is 0.232. The first-order valence-electron chi connectivity index (χ1n) is 6.62. The Hall–Kier alpha value is -0.480. The normalized spacial score (nSPS) is 17.1. The lowest BCUT2D eigenvalue weighted by Crippen LogP contribution is -2.34. The van der Waals surface area contributed by atoms with Gasteiger partial charge < -0.3 is 15.3 Å². The number of phenols is 1. The second-order valence-electron chi connectivity index (χ2n) is 5.29. The highest BCUT2D eigenvalue weighted by Crippen LogP contribution is 2.32. The lowest BCUT2D eigenvalue weighted by atomic mass is 9.97. The van der Waals surface area contributed by atoms with Crippen LogP contribution in [0.2, 0.25) is 10.0 Å². The van der Waals surface area contributed by atoms with Crippen LogP contribution in [-0.2, 0) is 6.54 Å². The third-order valence-corrected chi connectivity index (χ3v) is 4.08. The zero-order valence-corrected chi connectivity index (χ0v) is 12.6. The van der Waals surface area contributed by atoms with Gasteiger partial charge in [-0.15, -0.1) is 0 Å². The van der Waals surface area contributed by atoms with E-state index in [9.17, 15) is 5.11 Å². The maximum Gasteiger partial charge on any atom is 0.138 e. The molecule has 0 amide bonds. The van der Waals surface area contributed by atoms with Crippen molar-refractivity contribution in [3.8, 4) is 5.75 Å². The van der Waals surface area contributed by atoms with Gasteiger partial charge in [-0.25, -0.2) is 0 Å². The van der Waals surface area contributed by atoms with Crippen molar-refractivity contribution in [2.75, 3.05) is 26.7 Å². The van der Waals surface area contributed by atoms with E-state index in [-0.39, 0.29) is 5.75 Å². The molecular weight excluding hydrogens is 283 g/mol. The summed E-state index contributed by atoms with van der Waals surface area (Å²) in [7, 11) is 2.07. The Kier molecular flexibility index (Phi) is 5.34. The number of phenolic OH excluding ortho intramolecular Hbond substituents is 1. The van der Waals surface area contributed by atoms with Crippen molar-refractivity contribution in [2.24, 2.45) is 5.92 Å². The SMILES string of the molecule is CN(Cc1cc(Cl)cc(Cl)c1O)CC1CCNCC1. The molecule has 0 radical (unpaired) electrons. The number of halogens is 2. The molecule has 1 saturated heterocycles. The molecule has 0 saturated carbocycles. The molecule has 0 aliphatic carbocycles. The first kappa shape index (κ1) is 14.9. The minimum atomic E-state index is 0.142. The van der Waals surface area contributed by atoms with Gasteiger partial charge >= 0.3 is 0 Å². The molecule has 1 aromatic carbocycles. The fraction of sp³-hybridized carbons (Fsp3) is 0.571. The van der Waals surface area contributed by atoms with Gasteiger partial charge in [0.05, 0.1) is 5.02 Å². The maximum atomic E-state index is 9.95. The number of piperidine rings is 1. The Balaban J connectivity index is 1.96. The minimum Gasteiger partial charge on any atom is -0.506 e. The smallest absolute Gasteiger partial charge is 0.138 e. The largest absolute Gasteiger partial charge is 0.506 e. The summed E-state index contributed by atoms with van der Waals surface area (Å²) >= 11 is 11.9. The van der Waals surface area contributed by atoms with E-state index < -0.39 is 0 Å². The van der Waals surface area contributed by atoms with Crippen molar-refractivity contribution < 1.29 is 5.11 Å². The van der Waals surface area contributed by atoms with Crippen LogP contribution in [0.4, 0.5) is 0 Å². The third kappa shape index (κ3) is 4.25. The van der Waals surface area contributed by atoms with Gasteiger partial charge in [0.2, 0.25) is 0 Å². The molecule has 0 unspecified atom stereocenters. The van der Waals surface area contributed by atoms with E-state index in [1.165, 1.54) is 12.8 Å². The Labute approximate surface area is 124 Å². The van der Waals surface area contributed by atoms with Gasteiger partial charge in [0.25, 0.3) is 0 Å².